The molecule has 2 rings (SSSR count). The largest absolute Gasteiger partial charge is 0.369 e. The van der Waals surface area contributed by atoms with E-state index >= 15 is 0 Å². The molecule has 0 amide bonds. The number of morpholine rings is 1. The quantitative estimate of drug-likeness (QED) is 0.840. The van der Waals surface area contributed by atoms with Gasteiger partial charge < -0.3 is 15.0 Å². The predicted molar refractivity (Wildman–Crippen MR) is 83.1 cm³/mol. The molecule has 1 fully saturated rings. The molecule has 1 N–H and O–H groups in total. The number of nitrogens with one attached hydrogen (secondary N) is 1. The van der Waals surface area contributed by atoms with Gasteiger partial charge in [0.25, 0.3) is 0 Å². The number of aromatic nitrogens is 1. The molecule has 1 saturated heterocycles. The molecule has 4 heteroatoms. The van der Waals surface area contributed by atoms with Crippen LogP contribution in [0.15, 0.2) is 18.2 Å². The highest BCUT2D eigenvalue weighted by atomic mass is 16.5. The second-order valence-electron chi connectivity index (χ2n) is 6.23. The Balaban J connectivity index is 2.06. The zero-order valence-electron chi connectivity index (χ0n) is 13.1. The normalized spacial score (nSPS) is 22.0. The second-order valence-corrected chi connectivity index (χ2v) is 6.23. The van der Waals surface area contributed by atoms with Crippen LogP contribution in [0.4, 0.5) is 5.82 Å². The number of hydrogen-bond acceptors (Lipinski definition) is 4. The number of nitrogens with zero attached hydrogens (tertiary/aromatic N) is 2. The Morgan fingerprint density at radius 1 is 1.45 bits per heavy atom. The third kappa shape index (κ3) is 4.18. The molecule has 0 aliphatic carbocycles. The van der Waals surface area contributed by atoms with Crippen LogP contribution in [0.25, 0.3) is 0 Å². The molecule has 0 aromatic carbocycles. The second kappa shape index (κ2) is 6.55. The summed E-state index contributed by atoms with van der Waals surface area (Å²) in [6, 6.07) is 6.27. The minimum absolute atomic E-state index is 0.115. The number of rotatable bonds is 5. The van der Waals surface area contributed by atoms with Crippen molar-refractivity contribution in [3.05, 3.63) is 23.9 Å². The van der Waals surface area contributed by atoms with E-state index in [-0.39, 0.29) is 11.7 Å². The summed E-state index contributed by atoms with van der Waals surface area (Å²) in [6.45, 7) is 12.2. The van der Waals surface area contributed by atoms with E-state index in [9.17, 15) is 0 Å². The van der Waals surface area contributed by atoms with Crippen LogP contribution in [0, 0.1) is 0 Å². The summed E-state index contributed by atoms with van der Waals surface area (Å²) in [6.07, 6.45) is 1.39. The molecule has 0 radical (unpaired) electrons. The van der Waals surface area contributed by atoms with E-state index in [0.29, 0.717) is 0 Å². The summed E-state index contributed by atoms with van der Waals surface area (Å²) >= 11 is 0. The Bertz CT molecular complexity index is 433. The van der Waals surface area contributed by atoms with Gasteiger partial charge in [0, 0.05) is 19.6 Å². The molecule has 1 aliphatic heterocycles. The van der Waals surface area contributed by atoms with Gasteiger partial charge in [-0.15, -0.1) is 0 Å². The van der Waals surface area contributed by atoms with Crippen LogP contribution >= 0.6 is 0 Å². The third-order valence-electron chi connectivity index (χ3n) is 3.42. The van der Waals surface area contributed by atoms with Crippen LogP contribution in [-0.2, 0) is 11.3 Å². The van der Waals surface area contributed by atoms with E-state index < -0.39 is 0 Å². The van der Waals surface area contributed by atoms with Gasteiger partial charge in [-0.3, -0.25) is 0 Å². The maximum atomic E-state index is 5.95. The van der Waals surface area contributed by atoms with Crippen LogP contribution < -0.4 is 10.2 Å². The molecule has 4 nitrogen and oxygen atoms in total. The van der Waals surface area contributed by atoms with Gasteiger partial charge in [0.15, 0.2) is 0 Å². The van der Waals surface area contributed by atoms with Crippen molar-refractivity contribution in [2.45, 2.75) is 52.4 Å². The molecule has 20 heavy (non-hydrogen) atoms. The number of ether oxygens (including phenoxy) is 1. The summed E-state index contributed by atoms with van der Waals surface area (Å²) < 4.78 is 5.95. The Labute approximate surface area is 122 Å². The van der Waals surface area contributed by atoms with Gasteiger partial charge in [-0.25, -0.2) is 4.98 Å². The van der Waals surface area contributed by atoms with Crippen molar-refractivity contribution >= 4 is 5.82 Å². The van der Waals surface area contributed by atoms with E-state index in [1.807, 2.05) is 0 Å². The molecule has 1 aromatic rings. The summed E-state index contributed by atoms with van der Waals surface area (Å²) in [5.74, 6) is 1.06. The van der Waals surface area contributed by atoms with Crippen LogP contribution in [0.5, 0.6) is 0 Å². The van der Waals surface area contributed by atoms with Gasteiger partial charge in [-0.2, -0.15) is 0 Å². The van der Waals surface area contributed by atoms with Crippen LogP contribution in [-0.4, -0.2) is 36.3 Å². The lowest BCUT2D eigenvalue weighted by Crippen LogP contribution is -2.52. The minimum Gasteiger partial charge on any atom is -0.369 e. The van der Waals surface area contributed by atoms with Crippen molar-refractivity contribution in [2.24, 2.45) is 0 Å². The fraction of sp³-hybridized carbons (Fsp3) is 0.688. The maximum Gasteiger partial charge on any atom is 0.129 e. The predicted octanol–water partition coefficient (Wildman–Crippen LogP) is 2.58. The molecule has 0 spiro atoms. The Morgan fingerprint density at radius 3 is 2.95 bits per heavy atom. The van der Waals surface area contributed by atoms with Crippen LogP contribution in [0.2, 0.25) is 0 Å². The van der Waals surface area contributed by atoms with Gasteiger partial charge in [-0.1, -0.05) is 13.0 Å². The van der Waals surface area contributed by atoms with Crippen molar-refractivity contribution < 1.29 is 4.74 Å². The number of anilines is 1. The summed E-state index contributed by atoms with van der Waals surface area (Å²) in [5, 5.41) is 3.40. The molecule has 0 saturated carbocycles. The fourth-order valence-corrected chi connectivity index (χ4v) is 2.76. The Hall–Kier alpha value is -1.13. The molecule has 112 valence electrons. The first-order valence-corrected chi connectivity index (χ1v) is 7.59. The standard InChI is InChI=1S/C16H27N3O/c1-5-9-17-10-14-7-6-8-15(18-14)19-11-13(2)20-16(3,4)12-19/h6-8,13,17H,5,9-12H2,1-4H3. The molecule has 0 bridgehead atoms. The molecular weight excluding hydrogens is 250 g/mol. The zero-order chi connectivity index (χ0) is 14.6. The van der Waals surface area contributed by atoms with E-state index in [1.54, 1.807) is 0 Å². The third-order valence-corrected chi connectivity index (χ3v) is 3.42. The highest BCUT2D eigenvalue weighted by molar-refractivity contribution is 5.40. The SMILES string of the molecule is CCCNCc1cccc(N2CC(C)OC(C)(C)C2)n1. The number of hydrogen-bond donors (Lipinski definition) is 1. The molecule has 1 aromatic heterocycles. The van der Waals surface area contributed by atoms with Crippen LogP contribution in [0.3, 0.4) is 0 Å². The van der Waals surface area contributed by atoms with Gasteiger partial charge in [-0.05, 0) is 45.9 Å². The first-order chi connectivity index (χ1) is 9.50. The lowest BCUT2D eigenvalue weighted by atomic mass is 10.1. The van der Waals surface area contributed by atoms with Gasteiger partial charge in [0.1, 0.15) is 5.82 Å². The average Bonchev–Trinajstić information content (AvgIpc) is 2.37. The topological polar surface area (TPSA) is 37.4 Å². The van der Waals surface area contributed by atoms with Gasteiger partial charge in [0.05, 0.1) is 17.4 Å². The van der Waals surface area contributed by atoms with E-state index in [1.165, 1.54) is 0 Å². The van der Waals surface area contributed by atoms with Crippen LogP contribution in [0.1, 0.15) is 39.8 Å². The van der Waals surface area contributed by atoms with Crippen molar-refractivity contribution in [1.82, 2.24) is 10.3 Å². The van der Waals surface area contributed by atoms with Crippen molar-refractivity contribution in [3.63, 3.8) is 0 Å². The summed E-state index contributed by atoms with van der Waals surface area (Å²) in [7, 11) is 0. The molecule has 1 aliphatic rings. The Kier molecular flexibility index (Phi) is 5.00. The van der Waals surface area contributed by atoms with Gasteiger partial charge in [0.2, 0.25) is 0 Å². The van der Waals surface area contributed by atoms with Crippen molar-refractivity contribution in [3.8, 4) is 0 Å². The van der Waals surface area contributed by atoms with E-state index in [0.717, 1.165) is 44.1 Å². The van der Waals surface area contributed by atoms with E-state index in [2.05, 4.69) is 56.1 Å². The first-order valence-electron chi connectivity index (χ1n) is 7.59. The molecule has 2 heterocycles. The highest BCUT2D eigenvalue weighted by Gasteiger charge is 2.31. The van der Waals surface area contributed by atoms with Crippen molar-refractivity contribution in [1.29, 1.82) is 0 Å². The Morgan fingerprint density at radius 2 is 2.25 bits per heavy atom. The number of pyridine rings is 1. The highest BCUT2D eigenvalue weighted by Crippen LogP contribution is 2.24. The van der Waals surface area contributed by atoms with Gasteiger partial charge >= 0.3 is 0 Å². The molecule has 1 unspecified atom stereocenters. The average molecular weight is 277 g/mol. The first kappa shape index (κ1) is 15.3. The van der Waals surface area contributed by atoms with Crippen molar-refractivity contribution in [2.75, 3.05) is 24.5 Å². The smallest absolute Gasteiger partial charge is 0.129 e. The molecule has 1 atom stereocenters. The maximum absolute atomic E-state index is 5.95. The summed E-state index contributed by atoms with van der Waals surface area (Å²) in [4.78, 5) is 7.11. The lowest BCUT2D eigenvalue weighted by molar-refractivity contribution is -0.0751. The monoisotopic (exact) mass is 277 g/mol. The molecular formula is C16H27N3O. The summed E-state index contributed by atoms with van der Waals surface area (Å²) in [5.41, 5.74) is 0.989. The zero-order valence-corrected chi connectivity index (χ0v) is 13.1. The minimum atomic E-state index is -0.115. The lowest BCUT2D eigenvalue weighted by Gasteiger charge is -2.42. The fourth-order valence-electron chi connectivity index (χ4n) is 2.76. The van der Waals surface area contributed by atoms with E-state index in [4.69, 9.17) is 9.72 Å².